The number of rotatable bonds is 4. The van der Waals surface area contributed by atoms with Crippen LogP contribution in [-0.4, -0.2) is 18.0 Å². The largest absolute Gasteiger partial charge is 0.253 e. The lowest BCUT2D eigenvalue weighted by molar-refractivity contribution is 0.568. The first-order valence-electron chi connectivity index (χ1n) is 14.0. The van der Waals surface area contributed by atoms with Crippen molar-refractivity contribution in [3.8, 4) is 0 Å². The Balaban J connectivity index is 1.90. The number of aromatic nitrogens is 2. The van der Waals surface area contributed by atoms with Gasteiger partial charge in [0.2, 0.25) is 0 Å². The number of hydrogen-bond donors (Lipinski definition) is 0. The Kier molecular flexibility index (Phi) is 6.84. The Hall–Kier alpha value is -3.56. The molecule has 1 aliphatic heterocycles. The number of allylic oxidation sites excluding steroid dienone is 2. The zero-order valence-electron chi connectivity index (χ0n) is 24.6. The van der Waals surface area contributed by atoms with Crippen LogP contribution in [0.1, 0.15) is 75.4 Å². The highest BCUT2D eigenvalue weighted by Crippen LogP contribution is 2.55. The van der Waals surface area contributed by atoms with E-state index in [9.17, 15) is 0 Å². The van der Waals surface area contributed by atoms with Crippen LogP contribution < -0.4 is 0 Å². The van der Waals surface area contributed by atoms with E-state index in [4.69, 9.17) is 9.97 Å². The van der Waals surface area contributed by atoms with Gasteiger partial charge >= 0.3 is 0 Å². The maximum Gasteiger partial charge on any atom is 0.119 e. The van der Waals surface area contributed by atoms with Gasteiger partial charge in [-0.15, -0.1) is 0 Å². The van der Waals surface area contributed by atoms with Crippen molar-refractivity contribution in [3.05, 3.63) is 131 Å². The van der Waals surface area contributed by atoms with Gasteiger partial charge in [0.25, 0.3) is 0 Å². The fraction of sp³-hybridized carbons (Fsp3) is 0.278. The van der Waals surface area contributed by atoms with E-state index in [0.29, 0.717) is 0 Å². The minimum atomic E-state index is -2.30. The van der Waals surface area contributed by atoms with Crippen LogP contribution in [0.25, 0.3) is 21.5 Å². The van der Waals surface area contributed by atoms with Crippen molar-refractivity contribution in [2.24, 2.45) is 0 Å². The van der Waals surface area contributed by atoms with Crippen molar-refractivity contribution in [3.63, 3.8) is 0 Å². The summed E-state index contributed by atoms with van der Waals surface area (Å²) >= 11 is 0. The molecule has 39 heavy (non-hydrogen) atoms. The lowest BCUT2D eigenvalue weighted by atomic mass is 9.89. The molecule has 3 heteroatoms. The van der Waals surface area contributed by atoms with Crippen LogP contribution in [-0.2, 0) is 10.8 Å². The van der Waals surface area contributed by atoms with Gasteiger partial charge in [-0.3, -0.25) is 9.97 Å². The molecule has 1 aliphatic rings. The van der Waals surface area contributed by atoms with Crippen molar-refractivity contribution >= 4 is 29.6 Å². The van der Waals surface area contributed by atoms with Crippen molar-refractivity contribution < 1.29 is 0 Å². The molecule has 3 heterocycles. The summed E-state index contributed by atoms with van der Waals surface area (Å²) in [5, 5.41) is 2.77. The van der Waals surface area contributed by atoms with Crippen LogP contribution in [0.15, 0.2) is 97.1 Å². The summed E-state index contributed by atoms with van der Waals surface area (Å²) in [5.74, 6) is 0. The van der Waals surface area contributed by atoms with Gasteiger partial charge in [0, 0.05) is 22.2 Å². The van der Waals surface area contributed by atoms with Crippen molar-refractivity contribution in [1.29, 1.82) is 0 Å². The lowest BCUT2D eigenvalue weighted by Crippen LogP contribution is -2.30. The molecule has 5 rings (SSSR count). The lowest BCUT2D eigenvalue weighted by Gasteiger charge is -2.27. The van der Waals surface area contributed by atoms with E-state index in [1.165, 1.54) is 32.7 Å². The van der Waals surface area contributed by atoms with Crippen LogP contribution in [0.4, 0.5) is 0 Å². The van der Waals surface area contributed by atoms with Crippen LogP contribution in [0.2, 0.25) is 13.1 Å². The van der Waals surface area contributed by atoms with Crippen LogP contribution in [0.5, 0.6) is 0 Å². The molecule has 198 valence electrons. The van der Waals surface area contributed by atoms with Gasteiger partial charge in [-0.1, -0.05) is 127 Å². The highest BCUT2D eigenvalue weighted by molar-refractivity contribution is 7.13. The summed E-state index contributed by atoms with van der Waals surface area (Å²) in [5.41, 5.74) is 9.42. The normalized spacial score (nSPS) is 15.7. The topological polar surface area (TPSA) is 25.8 Å². The number of pyridine rings is 2. The summed E-state index contributed by atoms with van der Waals surface area (Å²) in [6.45, 7) is 18.4. The summed E-state index contributed by atoms with van der Waals surface area (Å²) < 4.78 is 0. The Labute approximate surface area is 235 Å². The molecular formula is C36H40N2Si. The van der Waals surface area contributed by atoms with E-state index in [1.54, 1.807) is 0 Å². The molecule has 0 radical (unpaired) electrons. The maximum atomic E-state index is 5.34. The third-order valence-corrected chi connectivity index (χ3v) is 11.2. The molecule has 0 aliphatic carbocycles. The first kappa shape index (κ1) is 27.0. The zero-order chi connectivity index (χ0) is 28.0. The second-order valence-electron chi connectivity index (χ2n) is 13.2. The van der Waals surface area contributed by atoms with E-state index < -0.39 is 8.07 Å². The second-order valence-corrected chi connectivity index (χ2v) is 17.4. The molecule has 2 aromatic heterocycles. The predicted octanol–water partition coefficient (Wildman–Crippen LogP) is 9.39. The standard InChI is InChI=1S/C36H40N2Si/c1-35(2,3)29-23-15-21-27(37-29)33-31(25-17-11-9-12-18-25)32(26-19-13-10-14-20-26)34(39(33,7)8)28-22-16-24-30(38-28)36(4,5)6/h9-24H,1-8H3. The minimum absolute atomic E-state index is 0.0328. The maximum absolute atomic E-state index is 5.34. The zero-order valence-corrected chi connectivity index (χ0v) is 25.6. The summed E-state index contributed by atoms with van der Waals surface area (Å²) in [4.78, 5) is 10.7. The average Bonchev–Trinajstić information content (AvgIpc) is 3.16. The second kappa shape index (κ2) is 9.88. The molecular weight excluding hydrogens is 488 g/mol. The van der Waals surface area contributed by atoms with E-state index >= 15 is 0 Å². The highest BCUT2D eigenvalue weighted by Gasteiger charge is 2.45. The third-order valence-electron chi connectivity index (χ3n) is 7.67. The molecule has 0 fully saturated rings. The van der Waals surface area contributed by atoms with Crippen molar-refractivity contribution in [1.82, 2.24) is 9.97 Å². The number of benzene rings is 2. The Bertz CT molecular complexity index is 1440. The smallest absolute Gasteiger partial charge is 0.119 e. The monoisotopic (exact) mass is 528 g/mol. The van der Waals surface area contributed by atoms with Crippen LogP contribution in [0.3, 0.4) is 0 Å². The number of hydrogen-bond acceptors (Lipinski definition) is 2. The Morgan fingerprint density at radius 2 is 0.821 bits per heavy atom. The van der Waals surface area contributed by atoms with E-state index in [2.05, 4.69) is 152 Å². The first-order valence-corrected chi connectivity index (χ1v) is 17.0. The highest BCUT2D eigenvalue weighted by atomic mass is 28.3. The van der Waals surface area contributed by atoms with E-state index in [-0.39, 0.29) is 10.8 Å². The van der Waals surface area contributed by atoms with Gasteiger partial charge < -0.3 is 0 Å². The van der Waals surface area contributed by atoms with Gasteiger partial charge in [-0.25, -0.2) is 0 Å². The fourth-order valence-electron chi connectivity index (χ4n) is 5.67. The fourth-order valence-corrected chi connectivity index (χ4v) is 9.26. The van der Waals surface area contributed by atoms with Gasteiger partial charge in [0.05, 0.1) is 11.4 Å². The van der Waals surface area contributed by atoms with Gasteiger partial charge in [0.15, 0.2) is 0 Å². The van der Waals surface area contributed by atoms with E-state index in [1.807, 2.05) is 0 Å². The molecule has 2 aromatic carbocycles. The Morgan fingerprint density at radius 3 is 1.15 bits per heavy atom. The van der Waals surface area contributed by atoms with Crippen LogP contribution >= 0.6 is 0 Å². The van der Waals surface area contributed by atoms with E-state index in [0.717, 1.165) is 22.8 Å². The van der Waals surface area contributed by atoms with Gasteiger partial charge in [-0.05, 0) is 56.9 Å². The molecule has 0 saturated carbocycles. The van der Waals surface area contributed by atoms with Crippen LogP contribution in [0, 0.1) is 0 Å². The quantitative estimate of drug-likeness (QED) is 0.247. The summed E-state index contributed by atoms with van der Waals surface area (Å²) in [6.07, 6.45) is 0. The minimum Gasteiger partial charge on any atom is -0.253 e. The molecule has 0 bridgehead atoms. The first-order chi connectivity index (χ1) is 18.4. The predicted molar refractivity (Wildman–Crippen MR) is 170 cm³/mol. The molecule has 2 nitrogen and oxygen atoms in total. The summed E-state index contributed by atoms with van der Waals surface area (Å²) in [6, 6.07) is 34.9. The summed E-state index contributed by atoms with van der Waals surface area (Å²) in [7, 11) is -2.30. The molecule has 0 spiro atoms. The van der Waals surface area contributed by atoms with Crippen molar-refractivity contribution in [2.75, 3.05) is 0 Å². The van der Waals surface area contributed by atoms with Crippen molar-refractivity contribution in [2.45, 2.75) is 65.5 Å². The molecule has 0 unspecified atom stereocenters. The number of nitrogens with zero attached hydrogens (tertiary/aromatic N) is 2. The molecule has 0 amide bonds. The van der Waals surface area contributed by atoms with Gasteiger partial charge in [0.1, 0.15) is 8.07 Å². The SMILES string of the molecule is CC(C)(C)c1cccc(C2=C(c3ccccc3)C(c3ccccc3)=C(c3cccc(C(C)(C)C)n3)[Si]2(C)C)n1. The third kappa shape index (κ3) is 5.08. The average molecular weight is 529 g/mol. The van der Waals surface area contributed by atoms with Gasteiger partial charge in [-0.2, -0.15) is 0 Å². The Morgan fingerprint density at radius 1 is 0.462 bits per heavy atom. The molecule has 0 atom stereocenters. The molecule has 4 aromatic rings. The molecule has 0 saturated heterocycles. The molecule has 0 N–H and O–H groups in total.